The Labute approximate surface area is 132 Å². The highest BCUT2D eigenvalue weighted by Crippen LogP contribution is 2.36. The molecule has 0 amide bonds. The van der Waals surface area contributed by atoms with Gasteiger partial charge in [0.15, 0.2) is 0 Å². The summed E-state index contributed by atoms with van der Waals surface area (Å²) >= 11 is 0. The fraction of sp³-hybridized carbons (Fsp3) is 0.526. The van der Waals surface area contributed by atoms with E-state index in [-0.39, 0.29) is 0 Å². The average Bonchev–Trinajstić information content (AvgIpc) is 2.92. The van der Waals surface area contributed by atoms with Gasteiger partial charge in [-0.1, -0.05) is 18.9 Å². The number of nitrogens with zero attached hydrogens (tertiary/aromatic N) is 3. The topological polar surface area (TPSA) is 31.4 Å². The number of pyridine rings is 1. The van der Waals surface area contributed by atoms with Crippen LogP contribution in [-0.4, -0.2) is 21.9 Å². The zero-order valence-electron chi connectivity index (χ0n) is 13.0. The molecule has 2 fully saturated rings. The zero-order valence-corrected chi connectivity index (χ0v) is 13.0. The molecule has 2 atom stereocenters. The Morgan fingerprint density at radius 2 is 2.00 bits per heavy atom. The van der Waals surface area contributed by atoms with E-state index < -0.39 is 0 Å². The van der Waals surface area contributed by atoms with E-state index in [1.54, 1.807) is 0 Å². The summed E-state index contributed by atoms with van der Waals surface area (Å²) in [6, 6.07) is 9.26. The Hall–Kier alpha value is -1.79. The fourth-order valence-corrected chi connectivity index (χ4v) is 4.57. The molecule has 3 heterocycles. The van der Waals surface area contributed by atoms with Crippen molar-refractivity contribution >= 4 is 5.52 Å². The minimum absolute atomic E-state index is 0.747. The molecule has 3 nitrogen and oxygen atoms in total. The van der Waals surface area contributed by atoms with Crippen LogP contribution in [0.3, 0.4) is 0 Å². The lowest BCUT2D eigenvalue weighted by Gasteiger charge is -2.44. The van der Waals surface area contributed by atoms with Crippen molar-refractivity contribution in [3.05, 3.63) is 41.7 Å². The van der Waals surface area contributed by atoms with Crippen LogP contribution in [0.5, 0.6) is 0 Å². The molecule has 1 saturated heterocycles. The summed E-state index contributed by atoms with van der Waals surface area (Å²) in [7, 11) is 0. The van der Waals surface area contributed by atoms with Crippen molar-refractivity contribution < 1.29 is 0 Å². The molecule has 0 bridgehead atoms. The molecule has 2 aliphatic rings. The molecule has 22 heavy (non-hydrogen) atoms. The van der Waals surface area contributed by atoms with Gasteiger partial charge < -0.3 is 4.40 Å². The zero-order chi connectivity index (χ0) is 14.9. The molecule has 0 N–H and O–H groups in total. The van der Waals surface area contributed by atoms with Gasteiger partial charge in [-0.05, 0) is 50.3 Å². The largest absolute Gasteiger partial charge is 0.322 e. The Kier molecular flexibility index (Phi) is 3.63. The molecule has 1 aliphatic heterocycles. The first-order chi connectivity index (χ1) is 10.9. The van der Waals surface area contributed by atoms with Crippen LogP contribution in [-0.2, 0) is 6.54 Å². The maximum absolute atomic E-state index is 9.59. The minimum atomic E-state index is 0.747. The normalized spacial score (nSPS) is 25.8. The first kappa shape index (κ1) is 13.8. The number of likely N-dealkylation sites (tertiary alicyclic amines) is 1. The molecular formula is C19H23N3. The quantitative estimate of drug-likeness (QED) is 0.839. The molecule has 1 aliphatic carbocycles. The van der Waals surface area contributed by atoms with Crippen molar-refractivity contribution in [1.82, 2.24) is 9.30 Å². The third-order valence-corrected chi connectivity index (χ3v) is 5.61. The van der Waals surface area contributed by atoms with E-state index in [0.29, 0.717) is 0 Å². The van der Waals surface area contributed by atoms with E-state index >= 15 is 0 Å². The highest BCUT2D eigenvalue weighted by molar-refractivity contribution is 5.65. The average molecular weight is 293 g/mol. The van der Waals surface area contributed by atoms with Gasteiger partial charge in [-0.15, -0.1) is 0 Å². The number of fused-ring (bicyclic) bond motifs is 2. The van der Waals surface area contributed by atoms with E-state index in [0.717, 1.165) is 29.6 Å². The van der Waals surface area contributed by atoms with Crippen LogP contribution in [0, 0.1) is 17.2 Å². The van der Waals surface area contributed by atoms with E-state index in [2.05, 4.69) is 21.6 Å². The van der Waals surface area contributed by atoms with Gasteiger partial charge in [0.1, 0.15) is 6.07 Å². The van der Waals surface area contributed by atoms with E-state index in [9.17, 15) is 5.26 Å². The molecule has 0 aromatic carbocycles. The summed E-state index contributed by atoms with van der Waals surface area (Å²) in [4.78, 5) is 2.66. The van der Waals surface area contributed by atoms with Crippen molar-refractivity contribution in [2.24, 2.45) is 5.92 Å². The SMILES string of the molecule is N#Cc1c(CN2CCC[C@@H]3CCCC[C@@H]32)cn2ccccc12. The van der Waals surface area contributed by atoms with Gasteiger partial charge in [-0.25, -0.2) is 0 Å². The van der Waals surface area contributed by atoms with Crippen molar-refractivity contribution in [1.29, 1.82) is 5.26 Å². The van der Waals surface area contributed by atoms with Gasteiger partial charge in [0.2, 0.25) is 0 Å². The van der Waals surface area contributed by atoms with Gasteiger partial charge >= 0.3 is 0 Å². The Bertz CT molecular complexity index is 707. The lowest BCUT2D eigenvalue weighted by Crippen LogP contribution is -2.46. The van der Waals surface area contributed by atoms with Gasteiger partial charge in [0.25, 0.3) is 0 Å². The second kappa shape index (κ2) is 5.78. The molecule has 114 valence electrons. The third kappa shape index (κ3) is 2.32. The van der Waals surface area contributed by atoms with Crippen molar-refractivity contribution in [2.45, 2.75) is 51.1 Å². The second-order valence-corrected chi connectivity index (χ2v) is 6.86. The molecule has 2 aromatic heterocycles. The van der Waals surface area contributed by atoms with Crippen LogP contribution >= 0.6 is 0 Å². The lowest BCUT2D eigenvalue weighted by atomic mass is 9.78. The summed E-state index contributed by atoms with van der Waals surface area (Å²) in [5.41, 5.74) is 3.09. The number of piperidine rings is 1. The van der Waals surface area contributed by atoms with Crippen molar-refractivity contribution in [2.75, 3.05) is 6.54 Å². The molecule has 0 radical (unpaired) electrons. The summed E-state index contributed by atoms with van der Waals surface area (Å²) in [5.74, 6) is 0.894. The lowest BCUT2D eigenvalue weighted by molar-refractivity contribution is 0.0547. The molecule has 2 aromatic rings. The van der Waals surface area contributed by atoms with Gasteiger partial charge in [0.05, 0.1) is 11.1 Å². The van der Waals surface area contributed by atoms with Crippen molar-refractivity contribution in [3.63, 3.8) is 0 Å². The number of aromatic nitrogens is 1. The Balaban J connectivity index is 1.64. The predicted molar refractivity (Wildman–Crippen MR) is 87.5 cm³/mol. The molecule has 4 rings (SSSR count). The second-order valence-electron chi connectivity index (χ2n) is 6.86. The number of hydrogen-bond acceptors (Lipinski definition) is 2. The Morgan fingerprint density at radius 3 is 2.91 bits per heavy atom. The summed E-state index contributed by atoms with van der Waals surface area (Å²) in [5, 5.41) is 9.59. The van der Waals surface area contributed by atoms with Crippen LogP contribution in [0.1, 0.15) is 49.7 Å². The fourth-order valence-electron chi connectivity index (χ4n) is 4.57. The highest BCUT2D eigenvalue weighted by Gasteiger charge is 2.33. The third-order valence-electron chi connectivity index (χ3n) is 5.61. The molecule has 0 spiro atoms. The maximum atomic E-state index is 9.59. The van der Waals surface area contributed by atoms with Gasteiger partial charge in [-0.3, -0.25) is 4.90 Å². The van der Waals surface area contributed by atoms with E-state index in [4.69, 9.17) is 0 Å². The van der Waals surface area contributed by atoms with Crippen LogP contribution in [0.25, 0.3) is 5.52 Å². The molecule has 0 unspecified atom stereocenters. The minimum Gasteiger partial charge on any atom is -0.322 e. The molecule has 3 heteroatoms. The first-order valence-electron chi connectivity index (χ1n) is 8.59. The summed E-state index contributed by atoms with van der Waals surface area (Å²) in [6.45, 7) is 2.13. The highest BCUT2D eigenvalue weighted by atomic mass is 15.2. The van der Waals surface area contributed by atoms with Crippen LogP contribution in [0.15, 0.2) is 30.6 Å². The smallest absolute Gasteiger partial charge is 0.102 e. The standard InChI is InChI=1S/C19H23N3/c20-12-17-16(14-22-10-4-3-9-19(17)22)13-21-11-5-7-15-6-1-2-8-18(15)21/h3-4,9-10,14-15,18H,1-2,5-8,11,13H2/t15-,18-/m0/s1. The Morgan fingerprint density at radius 1 is 1.14 bits per heavy atom. The van der Waals surface area contributed by atoms with Crippen LogP contribution in [0.4, 0.5) is 0 Å². The van der Waals surface area contributed by atoms with E-state index in [1.165, 1.54) is 50.6 Å². The first-order valence-corrected chi connectivity index (χ1v) is 8.59. The van der Waals surface area contributed by atoms with Gasteiger partial charge in [0, 0.05) is 30.5 Å². The number of nitriles is 1. The number of hydrogen-bond donors (Lipinski definition) is 0. The number of rotatable bonds is 2. The van der Waals surface area contributed by atoms with Crippen LogP contribution in [0.2, 0.25) is 0 Å². The van der Waals surface area contributed by atoms with E-state index in [1.807, 2.05) is 24.4 Å². The summed E-state index contributed by atoms with van der Waals surface area (Å²) < 4.78 is 2.09. The maximum Gasteiger partial charge on any atom is 0.102 e. The molecule has 1 saturated carbocycles. The molecular weight excluding hydrogens is 270 g/mol. The monoisotopic (exact) mass is 293 g/mol. The van der Waals surface area contributed by atoms with Crippen molar-refractivity contribution in [3.8, 4) is 6.07 Å². The van der Waals surface area contributed by atoms with Crippen LogP contribution < -0.4 is 0 Å². The predicted octanol–water partition coefficient (Wildman–Crippen LogP) is 3.97. The van der Waals surface area contributed by atoms with Gasteiger partial charge in [-0.2, -0.15) is 5.26 Å². The summed E-state index contributed by atoms with van der Waals surface area (Å²) in [6.07, 6.45) is 12.5.